The molecule has 2 aromatic rings. The summed E-state index contributed by atoms with van der Waals surface area (Å²) in [6.07, 6.45) is 3.20. The van der Waals surface area contributed by atoms with E-state index in [1.54, 1.807) is 6.08 Å². The number of fused-ring (bicyclic) bond motifs is 1. The minimum absolute atomic E-state index is 0.167. The SMILES string of the molecule is Cn1cc(/C=C2\SC(=O)N(CCC(=O)[O-])C2=O)c2ccccc21. The standard InChI is InChI=1S/C16H14N2O4S/c1-17-9-10(11-4-2-3-5-12(11)17)8-13-15(21)18(16(22)23-13)7-6-14(19)20/h2-5,8-9H,6-7H2,1H3,(H,19,20)/p-1/b13-8-. The second-order valence-corrected chi connectivity index (χ2v) is 6.16. The van der Waals surface area contributed by atoms with Crippen molar-refractivity contribution in [3.8, 4) is 0 Å². The van der Waals surface area contributed by atoms with Crippen LogP contribution < -0.4 is 5.11 Å². The number of carbonyl (C=O) groups is 3. The molecule has 3 rings (SSSR count). The van der Waals surface area contributed by atoms with Crippen molar-refractivity contribution < 1.29 is 19.5 Å². The number of aryl methyl sites for hydroxylation is 1. The summed E-state index contributed by atoms with van der Waals surface area (Å²) in [6, 6.07) is 7.75. The molecule has 0 radical (unpaired) electrons. The van der Waals surface area contributed by atoms with E-state index in [4.69, 9.17) is 0 Å². The number of hydrogen-bond donors (Lipinski definition) is 0. The molecule has 1 saturated heterocycles. The molecule has 1 aromatic heterocycles. The van der Waals surface area contributed by atoms with Gasteiger partial charge in [-0.1, -0.05) is 18.2 Å². The molecule has 0 aliphatic carbocycles. The summed E-state index contributed by atoms with van der Waals surface area (Å²) in [5.74, 6) is -1.75. The van der Waals surface area contributed by atoms with Crippen molar-refractivity contribution in [2.45, 2.75) is 6.42 Å². The van der Waals surface area contributed by atoms with Crippen molar-refractivity contribution in [1.29, 1.82) is 0 Å². The molecule has 7 heteroatoms. The Morgan fingerprint density at radius 2 is 2.04 bits per heavy atom. The minimum atomic E-state index is -1.29. The Kier molecular flexibility index (Phi) is 3.96. The first-order valence-electron chi connectivity index (χ1n) is 6.96. The molecule has 1 fully saturated rings. The lowest BCUT2D eigenvalue weighted by Crippen LogP contribution is -2.33. The van der Waals surface area contributed by atoms with Gasteiger partial charge in [-0.3, -0.25) is 14.5 Å². The summed E-state index contributed by atoms with van der Waals surface area (Å²) in [6.45, 7) is -0.167. The van der Waals surface area contributed by atoms with Crippen LogP contribution in [0.5, 0.6) is 0 Å². The number of thioether (sulfide) groups is 1. The van der Waals surface area contributed by atoms with Gasteiger partial charge in [0.2, 0.25) is 0 Å². The van der Waals surface area contributed by atoms with Gasteiger partial charge in [0, 0.05) is 48.6 Å². The van der Waals surface area contributed by atoms with Crippen LogP contribution in [-0.4, -0.2) is 33.1 Å². The van der Waals surface area contributed by atoms with E-state index in [1.165, 1.54) is 0 Å². The van der Waals surface area contributed by atoms with Crippen LogP contribution in [-0.2, 0) is 16.6 Å². The molecule has 0 atom stereocenters. The van der Waals surface area contributed by atoms with Crippen LogP contribution >= 0.6 is 11.8 Å². The molecule has 2 heterocycles. The van der Waals surface area contributed by atoms with Crippen molar-refractivity contribution in [3.05, 3.63) is 40.9 Å². The Morgan fingerprint density at radius 1 is 1.30 bits per heavy atom. The van der Waals surface area contributed by atoms with Crippen LogP contribution in [0.3, 0.4) is 0 Å². The van der Waals surface area contributed by atoms with Gasteiger partial charge in [0.05, 0.1) is 4.91 Å². The lowest BCUT2D eigenvalue weighted by atomic mass is 10.1. The highest BCUT2D eigenvalue weighted by atomic mass is 32.2. The Hall–Kier alpha value is -2.54. The van der Waals surface area contributed by atoms with E-state index in [1.807, 2.05) is 42.1 Å². The van der Waals surface area contributed by atoms with Gasteiger partial charge in [-0.05, 0) is 23.9 Å². The van der Waals surface area contributed by atoms with Crippen molar-refractivity contribution in [2.24, 2.45) is 7.05 Å². The molecular formula is C16H13N2O4S-. The smallest absolute Gasteiger partial charge is 0.293 e. The van der Waals surface area contributed by atoms with Gasteiger partial charge in [-0.15, -0.1) is 0 Å². The summed E-state index contributed by atoms with van der Waals surface area (Å²) in [4.78, 5) is 35.9. The molecule has 118 valence electrons. The molecular weight excluding hydrogens is 316 g/mol. The van der Waals surface area contributed by atoms with Crippen LogP contribution in [0.1, 0.15) is 12.0 Å². The molecule has 0 unspecified atom stereocenters. The number of aromatic nitrogens is 1. The predicted molar refractivity (Wildman–Crippen MR) is 85.2 cm³/mol. The average molecular weight is 329 g/mol. The number of carbonyl (C=O) groups excluding carboxylic acids is 3. The lowest BCUT2D eigenvalue weighted by Gasteiger charge is -2.12. The number of hydrogen-bond acceptors (Lipinski definition) is 5. The quantitative estimate of drug-likeness (QED) is 0.791. The van der Waals surface area contributed by atoms with Crippen LogP contribution in [0.25, 0.3) is 17.0 Å². The highest BCUT2D eigenvalue weighted by molar-refractivity contribution is 8.18. The first-order valence-corrected chi connectivity index (χ1v) is 7.78. The fraction of sp³-hybridized carbons (Fsp3) is 0.188. The van der Waals surface area contributed by atoms with Crippen LogP contribution in [0, 0.1) is 0 Å². The second-order valence-electron chi connectivity index (χ2n) is 5.17. The highest BCUT2D eigenvalue weighted by Gasteiger charge is 2.34. The minimum Gasteiger partial charge on any atom is -0.550 e. The van der Waals surface area contributed by atoms with Gasteiger partial charge in [0.25, 0.3) is 11.1 Å². The van der Waals surface area contributed by atoms with Gasteiger partial charge in [0.15, 0.2) is 0 Å². The first-order chi connectivity index (χ1) is 11.0. The normalized spacial score (nSPS) is 16.7. The zero-order chi connectivity index (χ0) is 16.6. The number of imide groups is 1. The fourth-order valence-corrected chi connectivity index (χ4v) is 3.38. The van der Waals surface area contributed by atoms with Crippen molar-refractivity contribution in [3.63, 3.8) is 0 Å². The van der Waals surface area contributed by atoms with E-state index in [9.17, 15) is 19.5 Å². The largest absolute Gasteiger partial charge is 0.550 e. The highest BCUT2D eigenvalue weighted by Crippen LogP contribution is 2.33. The second kappa shape index (κ2) is 5.92. The van der Waals surface area contributed by atoms with E-state index < -0.39 is 17.1 Å². The van der Waals surface area contributed by atoms with Gasteiger partial charge in [-0.25, -0.2) is 0 Å². The number of nitrogens with zero attached hydrogens (tertiary/aromatic N) is 2. The number of carboxylic acid groups (broad SMARTS) is 1. The summed E-state index contributed by atoms with van der Waals surface area (Å²) in [7, 11) is 1.91. The zero-order valence-electron chi connectivity index (χ0n) is 12.3. The monoisotopic (exact) mass is 329 g/mol. The van der Waals surface area contributed by atoms with Crippen molar-refractivity contribution in [1.82, 2.24) is 9.47 Å². The molecule has 23 heavy (non-hydrogen) atoms. The first kappa shape index (κ1) is 15.4. The zero-order valence-corrected chi connectivity index (χ0v) is 13.1. The van der Waals surface area contributed by atoms with E-state index in [2.05, 4.69) is 0 Å². The summed E-state index contributed by atoms with van der Waals surface area (Å²) in [5.41, 5.74) is 1.86. The maximum absolute atomic E-state index is 12.3. The third-order valence-electron chi connectivity index (χ3n) is 3.63. The Labute approximate surface area is 136 Å². The molecule has 0 N–H and O–H groups in total. The van der Waals surface area contributed by atoms with Gasteiger partial charge in [0.1, 0.15) is 0 Å². The number of aliphatic carboxylic acids is 1. The number of para-hydroxylation sites is 1. The van der Waals surface area contributed by atoms with E-state index >= 15 is 0 Å². The van der Waals surface area contributed by atoms with E-state index in [-0.39, 0.29) is 13.0 Å². The summed E-state index contributed by atoms with van der Waals surface area (Å²) < 4.78 is 1.95. The summed E-state index contributed by atoms with van der Waals surface area (Å²) >= 11 is 0.822. The Bertz CT molecular complexity index is 853. The fourth-order valence-electron chi connectivity index (χ4n) is 2.53. The number of carboxylic acids is 1. The van der Waals surface area contributed by atoms with E-state index in [0.29, 0.717) is 4.91 Å². The molecule has 1 aromatic carbocycles. The molecule has 1 aliphatic rings. The molecule has 0 spiro atoms. The van der Waals surface area contributed by atoms with Crippen molar-refractivity contribution >= 4 is 45.9 Å². The van der Waals surface area contributed by atoms with Crippen LogP contribution in [0.4, 0.5) is 4.79 Å². The lowest BCUT2D eigenvalue weighted by molar-refractivity contribution is -0.305. The van der Waals surface area contributed by atoms with Gasteiger partial charge < -0.3 is 14.5 Å². The molecule has 2 amide bonds. The number of benzene rings is 1. The number of rotatable bonds is 4. The molecule has 1 aliphatic heterocycles. The van der Waals surface area contributed by atoms with Gasteiger partial charge >= 0.3 is 0 Å². The molecule has 0 saturated carbocycles. The maximum atomic E-state index is 12.3. The third kappa shape index (κ3) is 2.87. The molecule has 6 nitrogen and oxygen atoms in total. The van der Waals surface area contributed by atoms with Gasteiger partial charge in [-0.2, -0.15) is 0 Å². The third-order valence-corrected chi connectivity index (χ3v) is 4.53. The summed E-state index contributed by atoms with van der Waals surface area (Å²) in [5, 5.41) is 11.0. The Balaban J connectivity index is 1.92. The maximum Gasteiger partial charge on any atom is 0.293 e. The average Bonchev–Trinajstić information content (AvgIpc) is 2.96. The topological polar surface area (TPSA) is 82.4 Å². The number of amides is 2. The van der Waals surface area contributed by atoms with Crippen molar-refractivity contribution in [2.75, 3.05) is 6.54 Å². The van der Waals surface area contributed by atoms with Crippen LogP contribution in [0.2, 0.25) is 0 Å². The molecule has 0 bridgehead atoms. The predicted octanol–water partition coefficient (Wildman–Crippen LogP) is 1.35. The van der Waals surface area contributed by atoms with Crippen LogP contribution in [0.15, 0.2) is 35.4 Å². The Morgan fingerprint density at radius 3 is 2.78 bits per heavy atom. The van der Waals surface area contributed by atoms with E-state index in [0.717, 1.165) is 33.1 Å².